The Bertz CT molecular complexity index is 543. The first-order valence-corrected chi connectivity index (χ1v) is 6.93. The van der Waals surface area contributed by atoms with Crippen molar-refractivity contribution in [2.75, 3.05) is 19.8 Å². The van der Waals surface area contributed by atoms with Gasteiger partial charge in [-0.3, -0.25) is 0 Å². The minimum Gasteiger partial charge on any atom is -0.494 e. The standard InChI is InChI=1S/C17H20O5/c1-4-20-15-8-5-14(6-9-15)7-10-16(18)21-11-12-22-17(19)13(2)3/h5-10H,2,4,11-12H2,1,3H3/b10-7+. The van der Waals surface area contributed by atoms with Gasteiger partial charge in [-0.1, -0.05) is 18.7 Å². The lowest BCUT2D eigenvalue weighted by molar-refractivity contribution is -0.146. The Kier molecular flexibility index (Phi) is 7.47. The molecule has 0 bridgehead atoms. The lowest BCUT2D eigenvalue weighted by atomic mass is 10.2. The van der Waals surface area contributed by atoms with Gasteiger partial charge in [0.1, 0.15) is 19.0 Å². The van der Waals surface area contributed by atoms with Crippen molar-refractivity contribution < 1.29 is 23.8 Å². The Morgan fingerprint density at radius 2 is 1.77 bits per heavy atom. The highest BCUT2D eigenvalue weighted by molar-refractivity contribution is 5.87. The zero-order chi connectivity index (χ0) is 16.4. The SMILES string of the molecule is C=C(C)C(=O)OCCOC(=O)/C=C/c1ccc(OCC)cc1. The first-order chi connectivity index (χ1) is 10.5. The third kappa shape index (κ3) is 6.74. The molecule has 0 unspecified atom stereocenters. The molecule has 0 spiro atoms. The van der Waals surface area contributed by atoms with Gasteiger partial charge in [0.05, 0.1) is 6.61 Å². The second kappa shape index (κ2) is 9.39. The first-order valence-electron chi connectivity index (χ1n) is 6.93. The fraction of sp³-hybridized carbons (Fsp3) is 0.294. The number of esters is 2. The van der Waals surface area contributed by atoms with Crippen LogP contribution in [0, 0.1) is 0 Å². The van der Waals surface area contributed by atoms with Crippen molar-refractivity contribution >= 4 is 18.0 Å². The molecular weight excluding hydrogens is 284 g/mol. The van der Waals surface area contributed by atoms with E-state index < -0.39 is 11.9 Å². The Morgan fingerprint density at radius 3 is 2.36 bits per heavy atom. The van der Waals surface area contributed by atoms with E-state index >= 15 is 0 Å². The molecule has 1 rings (SSSR count). The van der Waals surface area contributed by atoms with Crippen LogP contribution in [-0.2, 0) is 19.1 Å². The Morgan fingerprint density at radius 1 is 1.14 bits per heavy atom. The van der Waals surface area contributed by atoms with Crippen LogP contribution in [0.25, 0.3) is 6.08 Å². The van der Waals surface area contributed by atoms with Crippen molar-refractivity contribution in [3.63, 3.8) is 0 Å². The number of hydrogen-bond donors (Lipinski definition) is 0. The van der Waals surface area contributed by atoms with E-state index in [9.17, 15) is 9.59 Å². The molecule has 0 aliphatic rings. The zero-order valence-corrected chi connectivity index (χ0v) is 12.8. The summed E-state index contributed by atoms with van der Waals surface area (Å²) in [5.41, 5.74) is 1.16. The van der Waals surface area contributed by atoms with Crippen LogP contribution in [-0.4, -0.2) is 31.8 Å². The summed E-state index contributed by atoms with van der Waals surface area (Å²) in [4.78, 5) is 22.6. The van der Waals surface area contributed by atoms with Crippen LogP contribution >= 0.6 is 0 Å². The minimum atomic E-state index is -0.500. The molecule has 0 fully saturated rings. The smallest absolute Gasteiger partial charge is 0.333 e. The summed E-state index contributed by atoms with van der Waals surface area (Å²) >= 11 is 0. The Balaban J connectivity index is 2.32. The van der Waals surface area contributed by atoms with E-state index in [0.717, 1.165) is 11.3 Å². The fourth-order valence-corrected chi connectivity index (χ4v) is 1.45. The van der Waals surface area contributed by atoms with Crippen molar-refractivity contribution in [3.8, 4) is 5.75 Å². The van der Waals surface area contributed by atoms with Gasteiger partial charge in [-0.2, -0.15) is 0 Å². The maximum atomic E-state index is 11.5. The van der Waals surface area contributed by atoms with Crippen molar-refractivity contribution in [2.45, 2.75) is 13.8 Å². The number of carbonyl (C=O) groups excluding carboxylic acids is 2. The van der Waals surface area contributed by atoms with Gasteiger partial charge in [-0.05, 0) is 37.6 Å². The van der Waals surface area contributed by atoms with E-state index in [0.29, 0.717) is 12.2 Å². The topological polar surface area (TPSA) is 61.8 Å². The maximum absolute atomic E-state index is 11.5. The normalized spacial score (nSPS) is 10.3. The molecule has 0 aliphatic heterocycles. The van der Waals surface area contributed by atoms with Crippen LogP contribution in [0.3, 0.4) is 0 Å². The summed E-state index contributed by atoms with van der Waals surface area (Å²) in [5.74, 6) is -0.220. The number of carbonyl (C=O) groups is 2. The molecule has 0 N–H and O–H groups in total. The van der Waals surface area contributed by atoms with Gasteiger partial charge < -0.3 is 14.2 Å². The molecule has 0 saturated heterocycles. The summed E-state index contributed by atoms with van der Waals surface area (Å²) in [6.45, 7) is 7.53. The van der Waals surface area contributed by atoms with Crippen molar-refractivity contribution in [2.24, 2.45) is 0 Å². The quantitative estimate of drug-likeness (QED) is 0.420. The highest BCUT2D eigenvalue weighted by atomic mass is 16.6. The van der Waals surface area contributed by atoms with Crippen LogP contribution in [0.1, 0.15) is 19.4 Å². The number of hydrogen-bond acceptors (Lipinski definition) is 5. The first kappa shape index (κ1) is 17.5. The highest BCUT2D eigenvalue weighted by Gasteiger charge is 2.03. The molecule has 118 valence electrons. The second-order valence-electron chi connectivity index (χ2n) is 4.42. The average molecular weight is 304 g/mol. The molecule has 0 heterocycles. The van der Waals surface area contributed by atoms with Crippen molar-refractivity contribution in [3.05, 3.63) is 48.1 Å². The molecule has 0 aromatic heterocycles. The number of benzene rings is 1. The number of rotatable bonds is 8. The predicted molar refractivity (Wildman–Crippen MR) is 83.4 cm³/mol. The van der Waals surface area contributed by atoms with Crippen LogP contribution in [0.5, 0.6) is 5.75 Å². The van der Waals surface area contributed by atoms with Crippen molar-refractivity contribution in [1.29, 1.82) is 0 Å². The molecule has 5 nitrogen and oxygen atoms in total. The molecule has 1 aromatic rings. The van der Waals surface area contributed by atoms with Gasteiger partial charge in [0.2, 0.25) is 0 Å². The minimum absolute atomic E-state index is 0.00543. The highest BCUT2D eigenvalue weighted by Crippen LogP contribution is 2.13. The summed E-state index contributed by atoms with van der Waals surface area (Å²) in [6.07, 6.45) is 2.95. The lowest BCUT2D eigenvalue weighted by Gasteiger charge is -2.04. The van der Waals surface area contributed by atoms with E-state index in [1.807, 2.05) is 31.2 Å². The third-order valence-corrected chi connectivity index (χ3v) is 2.51. The average Bonchev–Trinajstić information content (AvgIpc) is 2.50. The molecule has 22 heavy (non-hydrogen) atoms. The predicted octanol–water partition coefficient (Wildman–Crippen LogP) is 2.76. The van der Waals surface area contributed by atoms with E-state index in [4.69, 9.17) is 14.2 Å². The molecule has 0 radical (unpaired) electrons. The molecule has 0 saturated carbocycles. The van der Waals surface area contributed by atoms with Gasteiger partial charge in [-0.25, -0.2) is 9.59 Å². The molecule has 5 heteroatoms. The largest absolute Gasteiger partial charge is 0.494 e. The van der Waals surface area contributed by atoms with Gasteiger partial charge in [0.25, 0.3) is 0 Å². The summed E-state index contributed by atoms with van der Waals surface area (Å²) in [7, 11) is 0. The summed E-state index contributed by atoms with van der Waals surface area (Å²) in [6, 6.07) is 7.32. The van der Waals surface area contributed by atoms with E-state index in [1.54, 1.807) is 13.0 Å². The fourth-order valence-electron chi connectivity index (χ4n) is 1.45. The molecule has 0 amide bonds. The second-order valence-corrected chi connectivity index (χ2v) is 4.42. The van der Waals surface area contributed by atoms with Crippen LogP contribution in [0.2, 0.25) is 0 Å². The van der Waals surface area contributed by atoms with E-state index in [1.165, 1.54) is 6.08 Å². The molecule has 0 aliphatic carbocycles. The summed E-state index contributed by atoms with van der Waals surface area (Å²) in [5, 5.41) is 0. The monoisotopic (exact) mass is 304 g/mol. The van der Waals surface area contributed by atoms with E-state index in [2.05, 4.69) is 6.58 Å². The lowest BCUT2D eigenvalue weighted by Crippen LogP contribution is -2.12. The van der Waals surface area contributed by atoms with Gasteiger partial charge in [0.15, 0.2) is 0 Å². The van der Waals surface area contributed by atoms with Crippen LogP contribution in [0.4, 0.5) is 0 Å². The zero-order valence-electron chi connectivity index (χ0n) is 12.8. The van der Waals surface area contributed by atoms with Gasteiger partial charge in [0, 0.05) is 11.6 Å². The maximum Gasteiger partial charge on any atom is 0.333 e. The van der Waals surface area contributed by atoms with Crippen LogP contribution < -0.4 is 4.74 Å². The molecular formula is C17H20O5. The summed E-state index contributed by atoms with van der Waals surface area (Å²) < 4.78 is 15.0. The Hall–Kier alpha value is -2.56. The molecule has 1 aromatic carbocycles. The number of ether oxygens (including phenoxy) is 3. The Labute approximate surface area is 130 Å². The third-order valence-electron chi connectivity index (χ3n) is 2.51. The van der Waals surface area contributed by atoms with Crippen LogP contribution in [0.15, 0.2) is 42.5 Å². The van der Waals surface area contributed by atoms with Crippen molar-refractivity contribution in [1.82, 2.24) is 0 Å². The van der Waals surface area contributed by atoms with Gasteiger partial charge in [-0.15, -0.1) is 0 Å². The molecule has 0 atom stereocenters. The van der Waals surface area contributed by atoms with Gasteiger partial charge >= 0.3 is 11.9 Å². The van der Waals surface area contributed by atoms with E-state index in [-0.39, 0.29) is 13.2 Å².